The molecule has 0 rings (SSSR count). The summed E-state index contributed by atoms with van der Waals surface area (Å²) < 4.78 is 0. The molecule has 242 valence electrons. The predicted molar refractivity (Wildman–Crippen MR) is 178 cm³/mol. The van der Waals surface area contributed by atoms with Gasteiger partial charge < -0.3 is 20.0 Å². The zero-order chi connectivity index (χ0) is 29.2. The second-order valence-corrected chi connectivity index (χ2v) is 13.0. The van der Waals surface area contributed by atoms with Crippen molar-refractivity contribution in [2.24, 2.45) is 0 Å². The molecule has 0 aromatic rings. The van der Waals surface area contributed by atoms with Gasteiger partial charge in [-0.05, 0) is 52.9 Å². The maximum atomic E-state index is 8.80. The fourth-order valence-electron chi connectivity index (χ4n) is 5.79. The summed E-state index contributed by atoms with van der Waals surface area (Å²) in [5.41, 5.74) is 0. The fraction of sp³-hybridized carbons (Fsp3) is 1.00. The topological polar surface area (TPSA) is 46.9 Å². The lowest BCUT2D eigenvalue weighted by atomic mass is 10.0. The summed E-state index contributed by atoms with van der Waals surface area (Å²) in [5, 5.41) is 17.6. The molecule has 0 fully saturated rings. The molecule has 0 bridgehead atoms. The van der Waals surface area contributed by atoms with Gasteiger partial charge in [-0.2, -0.15) is 0 Å². The molecule has 4 heteroatoms. The molecule has 0 spiro atoms. The van der Waals surface area contributed by atoms with E-state index in [0.29, 0.717) is 13.2 Å². The van der Waals surface area contributed by atoms with Crippen molar-refractivity contribution in [3.63, 3.8) is 0 Å². The molecule has 0 saturated carbocycles. The van der Waals surface area contributed by atoms with Crippen LogP contribution in [0.25, 0.3) is 0 Å². The molecule has 4 nitrogen and oxygen atoms in total. The molecular formula is C36H76N2O2. The van der Waals surface area contributed by atoms with E-state index in [1.807, 2.05) is 0 Å². The number of aliphatic hydroxyl groups excluding tert-OH is 2. The van der Waals surface area contributed by atoms with Gasteiger partial charge in [0.1, 0.15) is 0 Å². The second kappa shape index (κ2) is 35.0. The highest BCUT2D eigenvalue weighted by Gasteiger charge is 2.03. The predicted octanol–water partition coefficient (Wildman–Crippen LogP) is 9.76. The van der Waals surface area contributed by atoms with Crippen LogP contribution >= 0.6 is 0 Å². The Bertz CT molecular complexity index is 409. The lowest BCUT2D eigenvalue weighted by Gasteiger charge is -2.22. The summed E-state index contributed by atoms with van der Waals surface area (Å²) in [6.07, 6.45) is 38.0. The molecule has 0 aliphatic rings. The minimum absolute atomic E-state index is 0.366. The van der Waals surface area contributed by atoms with Crippen molar-refractivity contribution >= 4 is 0 Å². The van der Waals surface area contributed by atoms with Gasteiger partial charge >= 0.3 is 0 Å². The average molecular weight is 569 g/mol. The van der Waals surface area contributed by atoms with Crippen LogP contribution in [0.5, 0.6) is 0 Å². The maximum absolute atomic E-state index is 8.80. The molecule has 2 N–H and O–H groups in total. The average Bonchev–Trinajstić information content (AvgIpc) is 2.96. The fourth-order valence-corrected chi connectivity index (χ4v) is 5.79. The Kier molecular flexibility index (Phi) is 34.9. The second-order valence-electron chi connectivity index (χ2n) is 13.0. The van der Waals surface area contributed by atoms with Gasteiger partial charge in [0.25, 0.3) is 0 Å². The van der Waals surface area contributed by atoms with Crippen LogP contribution in [-0.4, -0.2) is 73.5 Å². The zero-order valence-electron chi connectivity index (χ0n) is 27.8. The lowest BCUT2D eigenvalue weighted by molar-refractivity contribution is 0.249. The Labute approximate surface area is 253 Å². The monoisotopic (exact) mass is 569 g/mol. The van der Waals surface area contributed by atoms with E-state index >= 15 is 0 Å². The summed E-state index contributed by atoms with van der Waals surface area (Å²) in [6.45, 7) is 5.67. The van der Waals surface area contributed by atoms with E-state index in [-0.39, 0.29) is 0 Å². The SMILES string of the molecule is CN(CCCCCCCCCCCCCCCCO)CCN(C)CCCCCCCCCCCCCCCCO. The van der Waals surface area contributed by atoms with Crippen LogP contribution < -0.4 is 0 Å². The van der Waals surface area contributed by atoms with Crippen molar-refractivity contribution in [3.05, 3.63) is 0 Å². The summed E-state index contributed by atoms with van der Waals surface area (Å²) in [5.74, 6) is 0. The third-order valence-corrected chi connectivity index (χ3v) is 8.76. The van der Waals surface area contributed by atoms with E-state index in [9.17, 15) is 0 Å². The first kappa shape index (κ1) is 39.8. The first-order chi connectivity index (χ1) is 19.7. The highest BCUT2D eigenvalue weighted by molar-refractivity contribution is 4.59. The molecule has 0 saturated heterocycles. The highest BCUT2D eigenvalue weighted by Crippen LogP contribution is 2.14. The largest absolute Gasteiger partial charge is 0.396 e. The van der Waals surface area contributed by atoms with Gasteiger partial charge in [-0.25, -0.2) is 0 Å². The van der Waals surface area contributed by atoms with Gasteiger partial charge in [0.15, 0.2) is 0 Å². The van der Waals surface area contributed by atoms with Crippen molar-refractivity contribution < 1.29 is 10.2 Å². The summed E-state index contributed by atoms with van der Waals surface area (Å²) in [4.78, 5) is 5.08. The standard InChI is InChI=1S/C36H76N2O2/c1-37(31-27-23-19-15-11-7-3-5-9-13-17-21-25-29-35-39)33-34-38(2)32-28-24-20-16-12-8-4-6-10-14-18-22-26-30-36-40/h39-40H,3-36H2,1-2H3. The van der Waals surface area contributed by atoms with Crippen LogP contribution in [0.3, 0.4) is 0 Å². The van der Waals surface area contributed by atoms with Crippen molar-refractivity contribution in [1.82, 2.24) is 9.80 Å². The Morgan fingerprint density at radius 2 is 0.425 bits per heavy atom. The molecule has 0 aliphatic heterocycles. The van der Waals surface area contributed by atoms with Gasteiger partial charge in [-0.1, -0.05) is 154 Å². The van der Waals surface area contributed by atoms with Crippen LogP contribution in [0.4, 0.5) is 0 Å². The smallest absolute Gasteiger partial charge is 0.0431 e. The van der Waals surface area contributed by atoms with Gasteiger partial charge in [0, 0.05) is 26.3 Å². The van der Waals surface area contributed by atoms with Crippen LogP contribution in [-0.2, 0) is 0 Å². The van der Waals surface area contributed by atoms with Crippen molar-refractivity contribution in [2.75, 3.05) is 53.5 Å². The molecule has 0 unspecified atom stereocenters. The normalized spacial score (nSPS) is 11.8. The molecule has 0 aliphatic carbocycles. The number of unbranched alkanes of at least 4 members (excludes halogenated alkanes) is 26. The van der Waals surface area contributed by atoms with Gasteiger partial charge in [0.05, 0.1) is 0 Å². The summed E-state index contributed by atoms with van der Waals surface area (Å²) >= 11 is 0. The van der Waals surface area contributed by atoms with E-state index in [2.05, 4.69) is 23.9 Å². The van der Waals surface area contributed by atoms with E-state index in [1.54, 1.807) is 0 Å². The quantitative estimate of drug-likeness (QED) is 0.0747. The number of likely N-dealkylation sites (N-methyl/N-ethyl adjacent to an activating group) is 2. The first-order valence-corrected chi connectivity index (χ1v) is 18.3. The molecule has 0 heterocycles. The third-order valence-electron chi connectivity index (χ3n) is 8.76. The maximum Gasteiger partial charge on any atom is 0.0431 e. The van der Waals surface area contributed by atoms with E-state index in [1.165, 1.54) is 193 Å². The van der Waals surface area contributed by atoms with E-state index in [0.717, 1.165) is 12.8 Å². The van der Waals surface area contributed by atoms with E-state index < -0.39 is 0 Å². The minimum Gasteiger partial charge on any atom is -0.396 e. The highest BCUT2D eigenvalue weighted by atomic mass is 16.3. The molecular weight excluding hydrogens is 492 g/mol. The van der Waals surface area contributed by atoms with Gasteiger partial charge in [0.2, 0.25) is 0 Å². The molecule has 0 aromatic heterocycles. The molecule has 0 radical (unpaired) electrons. The van der Waals surface area contributed by atoms with E-state index in [4.69, 9.17) is 10.2 Å². The number of rotatable bonds is 35. The van der Waals surface area contributed by atoms with Crippen molar-refractivity contribution in [2.45, 2.75) is 180 Å². The lowest BCUT2D eigenvalue weighted by Crippen LogP contribution is -2.32. The molecule has 0 aromatic carbocycles. The number of hydrogen-bond acceptors (Lipinski definition) is 4. The Morgan fingerprint density at radius 1 is 0.250 bits per heavy atom. The van der Waals surface area contributed by atoms with Crippen LogP contribution in [0, 0.1) is 0 Å². The Hall–Kier alpha value is -0.160. The Morgan fingerprint density at radius 3 is 0.625 bits per heavy atom. The van der Waals surface area contributed by atoms with Gasteiger partial charge in [-0.3, -0.25) is 0 Å². The third kappa shape index (κ3) is 34.0. The van der Waals surface area contributed by atoms with Crippen LogP contribution in [0.15, 0.2) is 0 Å². The van der Waals surface area contributed by atoms with Gasteiger partial charge in [-0.15, -0.1) is 0 Å². The number of nitrogens with zero attached hydrogens (tertiary/aromatic N) is 2. The number of aliphatic hydroxyl groups is 2. The Balaban J connectivity index is 3.26. The molecule has 40 heavy (non-hydrogen) atoms. The minimum atomic E-state index is 0.366. The van der Waals surface area contributed by atoms with Crippen molar-refractivity contribution in [3.8, 4) is 0 Å². The zero-order valence-corrected chi connectivity index (χ0v) is 27.8. The van der Waals surface area contributed by atoms with Crippen molar-refractivity contribution in [1.29, 1.82) is 0 Å². The summed E-state index contributed by atoms with van der Waals surface area (Å²) in [6, 6.07) is 0. The molecule has 0 atom stereocenters. The summed E-state index contributed by atoms with van der Waals surface area (Å²) in [7, 11) is 4.61. The number of hydrogen-bond donors (Lipinski definition) is 2. The van der Waals surface area contributed by atoms with Crippen LogP contribution in [0.1, 0.15) is 180 Å². The first-order valence-electron chi connectivity index (χ1n) is 18.3. The van der Waals surface area contributed by atoms with Crippen LogP contribution in [0.2, 0.25) is 0 Å². The molecule has 0 amide bonds.